The topological polar surface area (TPSA) is 66.4 Å². The highest BCUT2D eigenvalue weighted by Gasteiger charge is 2.12. The minimum atomic E-state index is -4.60. The Morgan fingerprint density at radius 3 is 2.25 bits per heavy atom. The van der Waals surface area contributed by atoms with Gasteiger partial charge < -0.3 is 4.55 Å². The lowest BCUT2D eigenvalue weighted by molar-refractivity contribution is 0.166. The van der Waals surface area contributed by atoms with Gasteiger partial charge in [0.15, 0.2) is 0 Å². The molecule has 0 saturated heterocycles. The van der Waals surface area contributed by atoms with Crippen LogP contribution in [0.3, 0.4) is 0 Å². The third-order valence-electron chi connectivity index (χ3n) is 1.35. The maximum absolute atomic E-state index is 10.1. The normalized spacial score (nSPS) is 16.0. The van der Waals surface area contributed by atoms with Gasteiger partial charge >= 0.3 is 0 Å². The highest BCUT2D eigenvalue weighted by Crippen LogP contribution is 2.07. The molecule has 0 aromatic rings. The molecular formula is C7H11O4S-. The summed E-state index contributed by atoms with van der Waals surface area (Å²) in [4.78, 5) is 0. The van der Waals surface area contributed by atoms with Crippen LogP contribution in [0.25, 0.3) is 0 Å². The van der Waals surface area contributed by atoms with Gasteiger partial charge in [-0.3, -0.25) is 4.18 Å². The van der Waals surface area contributed by atoms with E-state index in [4.69, 9.17) is 0 Å². The molecule has 0 aliphatic rings. The Bertz CT molecular complexity index is 282. The summed E-state index contributed by atoms with van der Waals surface area (Å²) >= 11 is 0. The van der Waals surface area contributed by atoms with E-state index >= 15 is 0 Å². The molecule has 0 aliphatic heterocycles. The van der Waals surface area contributed by atoms with Crippen LogP contribution in [0.5, 0.6) is 0 Å². The highest BCUT2D eigenvalue weighted by molar-refractivity contribution is 7.80. The van der Waals surface area contributed by atoms with E-state index in [1.165, 1.54) is 6.92 Å². The average Bonchev–Trinajstić information content (AvgIpc) is 1.84. The SMILES string of the molecule is CC#C[C@H](C)C(C)OS(=O)(=O)[O-]. The molecule has 70 valence electrons. The molecule has 12 heavy (non-hydrogen) atoms. The molecule has 5 heteroatoms. The lowest BCUT2D eigenvalue weighted by Crippen LogP contribution is -2.20. The fourth-order valence-corrected chi connectivity index (χ4v) is 1.15. The minimum Gasteiger partial charge on any atom is -0.726 e. The fraction of sp³-hybridized carbons (Fsp3) is 0.714. The second kappa shape index (κ2) is 4.45. The summed E-state index contributed by atoms with van der Waals surface area (Å²) in [6.45, 7) is 4.81. The molecule has 0 rings (SSSR count). The van der Waals surface area contributed by atoms with Crippen molar-refractivity contribution in [1.82, 2.24) is 0 Å². The van der Waals surface area contributed by atoms with Crippen LogP contribution in [0.2, 0.25) is 0 Å². The summed E-state index contributed by atoms with van der Waals surface area (Å²) in [7, 11) is -4.60. The molecule has 0 aliphatic carbocycles. The van der Waals surface area contributed by atoms with Crippen molar-refractivity contribution in [3.63, 3.8) is 0 Å². The Labute approximate surface area is 72.9 Å². The first-order valence-corrected chi connectivity index (χ1v) is 4.76. The Morgan fingerprint density at radius 1 is 1.42 bits per heavy atom. The van der Waals surface area contributed by atoms with Gasteiger partial charge in [0.05, 0.1) is 6.10 Å². The van der Waals surface area contributed by atoms with E-state index in [9.17, 15) is 13.0 Å². The van der Waals surface area contributed by atoms with Crippen molar-refractivity contribution in [1.29, 1.82) is 0 Å². The molecule has 0 bridgehead atoms. The zero-order valence-electron chi connectivity index (χ0n) is 7.20. The minimum absolute atomic E-state index is 0.265. The average molecular weight is 191 g/mol. The van der Waals surface area contributed by atoms with E-state index in [-0.39, 0.29) is 5.92 Å². The smallest absolute Gasteiger partial charge is 0.217 e. The lowest BCUT2D eigenvalue weighted by Gasteiger charge is -2.17. The van der Waals surface area contributed by atoms with Crippen molar-refractivity contribution in [3.8, 4) is 11.8 Å². The zero-order valence-corrected chi connectivity index (χ0v) is 8.01. The molecule has 0 saturated carbocycles. The molecule has 1 unspecified atom stereocenters. The van der Waals surface area contributed by atoms with Gasteiger partial charge in [0, 0.05) is 5.92 Å². The second-order valence-electron chi connectivity index (χ2n) is 2.39. The summed E-state index contributed by atoms with van der Waals surface area (Å²) < 4.78 is 34.5. The monoisotopic (exact) mass is 191 g/mol. The Balaban J connectivity index is 4.20. The standard InChI is InChI=1S/C7H12O4S/c1-4-5-6(2)7(3)11-12(8,9)10/h6-7H,1-3H3,(H,8,9,10)/p-1/t6-,7?/m0/s1. The second-order valence-corrected chi connectivity index (χ2v) is 3.40. The van der Waals surface area contributed by atoms with Crippen LogP contribution in [0.4, 0.5) is 0 Å². The predicted molar refractivity (Wildman–Crippen MR) is 42.9 cm³/mol. The van der Waals surface area contributed by atoms with E-state index in [2.05, 4.69) is 16.0 Å². The van der Waals surface area contributed by atoms with Crippen molar-refractivity contribution in [2.75, 3.05) is 0 Å². The summed E-state index contributed by atoms with van der Waals surface area (Å²) in [6, 6.07) is 0. The first-order valence-electron chi connectivity index (χ1n) is 3.43. The molecule has 0 N–H and O–H groups in total. The summed E-state index contributed by atoms with van der Waals surface area (Å²) in [6.07, 6.45) is -0.694. The quantitative estimate of drug-likeness (QED) is 0.370. The largest absolute Gasteiger partial charge is 0.726 e. The van der Waals surface area contributed by atoms with Crippen LogP contribution in [0.1, 0.15) is 20.8 Å². The Morgan fingerprint density at radius 2 is 1.92 bits per heavy atom. The third-order valence-corrected chi connectivity index (χ3v) is 1.89. The molecule has 0 spiro atoms. The first kappa shape index (κ1) is 11.4. The highest BCUT2D eigenvalue weighted by atomic mass is 32.3. The van der Waals surface area contributed by atoms with Gasteiger partial charge in [-0.1, -0.05) is 5.92 Å². The lowest BCUT2D eigenvalue weighted by atomic mass is 10.1. The van der Waals surface area contributed by atoms with Crippen LogP contribution in [-0.4, -0.2) is 19.1 Å². The van der Waals surface area contributed by atoms with Crippen molar-refractivity contribution < 1.29 is 17.2 Å². The third kappa shape index (κ3) is 5.13. The Kier molecular flexibility index (Phi) is 4.24. The van der Waals surface area contributed by atoms with Gasteiger partial charge in [-0.05, 0) is 20.8 Å². The predicted octanol–water partition coefficient (Wildman–Crippen LogP) is 0.511. The number of hydrogen-bond acceptors (Lipinski definition) is 4. The van der Waals surface area contributed by atoms with E-state index in [0.717, 1.165) is 0 Å². The van der Waals surface area contributed by atoms with Gasteiger partial charge in [-0.15, -0.1) is 5.92 Å². The zero-order chi connectivity index (χ0) is 9.78. The molecular weight excluding hydrogens is 180 g/mol. The van der Waals surface area contributed by atoms with E-state index < -0.39 is 16.5 Å². The molecule has 0 aromatic heterocycles. The summed E-state index contributed by atoms with van der Waals surface area (Å²) in [5, 5.41) is 0. The van der Waals surface area contributed by atoms with Crippen molar-refractivity contribution in [3.05, 3.63) is 0 Å². The molecule has 0 aromatic carbocycles. The van der Waals surface area contributed by atoms with Gasteiger partial charge in [-0.2, -0.15) is 0 Å². The molecule has 0 radical (unpaired) electrons. The number of hydrogen-bond donors (Lipinski definition) is 0. The van der Waals surface area contributed by atoms with Crippen LogP contribution in [-0.2, 0) is 14.6 Å². The first-order chi connectivity index (χ1) is 5.37. The Hall–Kier alpha value is -0.570. The molecule has 0 fully saturated rings. The van der Waals surface area contributed by atoms with E-state index in [0.29, 0.717) is 0 Å². The molecule has 0 amide bonds. The summed E-state index contributed by atoms with van der Waals surface area (Å²) in [5.74, 6) is 5.03. The van der Waals surface area contributed by atoms with Crippen LogP contribution >= 0.6 is 0 Å². The van der Waals surface area contributed by atoms with Crippen molar-refractivity contribution in [2.24, 2.45) is 5.92 Å². The van der Waals surface area contributed by atoms with Gasteiger partial charge in [0.25, 0.3) is 0 Å². The van der Waals surface area contributed by atoms with E-state index in [1.807, 2.05) is 0 Å². The summed E-state index contributed by atoms with van der Waals surface area (Å²) in [5.41, 5.74) is 0. The molecule has 4 nitrogen and oxygen atoms in total. The fourth-order valence-electron chi connectivity index (χ4n) is 0.614. The van der Waals surface area contributed by atoms with Crippen molar-refractivity contribution in [2.45, 2.75) is 26.9 Å². The maximum atomic E-state index is 10.1. The molecule has 0 heterocycles. The van der Waals surface area contributed by atoms with Crippen molar-refractivity contribution >= 4 is 10.4 Å². The van der Waals surface area contributed by atoms with Gasteiger partial charge in [0.2, 0.25) is 10.4 Å². The maximum Gasteiger partial charge on any atom is 0.217 e. The van der Waals surface area contributed by atoms with Crippen LogP contribution in [0.15, 0.2) is 0 Å². The van der Waals surface area contributed by atoms with Crippen LogP contribution in [0, 0.1) is 17.8 Å². The number of rotatable bonds is 3. The molecule has 2 atom stereocenters. The van der Waals surface area contributed by atoms with Crippen LogP contribution < -0.4 is 0 Å². The van der Waals surface area contributed by atoms with E-state index in [1.54, 1.807) is 13.8 Å². The van der Waals surface area contributed by atoms with Gasteiger partial charge in [0.1, 0.15) is 0 Å². The van der Waals surface area contributed by atoms with Gasteiger partial charge in [-0.25, -0.2) is 8.42 Å².